The van der Waals surface area contributed by atoms with Gasteiger partial charge in [-0.25, -0.2) is 4.98 Å². The topological polar surface area (TPSA) is 44.1 Å². The number of benzene rings is 1. The number of aromatic nitrogens is 2. The van der Waals surface area contributed by atoms with Gasteiger partial charge in [0, 0.05) is 12.6 Å². The number of rotatable bonds is 4. The number of hydrogen-bond donors (Lipinski definition) is 0. The van der Waals surface area contributed by atoms with Crippen LogP contribution in [-0.4, -0.2) is 22.4 Å². The summed E-state index contributed by atoms with van der Waals surface area (Å²) < 4.78 is 7.07. The molecule has 0 aliphatic heterocycles. The molecule has 0 saturated heterocycles. The van der Waals surface area contributed by atoms with Crippen LogP contribution in [0.3, 0.4) is 0 Å². The molecule has 0 bridgehead atoms. The Kier molecular flexibility index (Phi) is 3.23. The van der Waals surface area contributed by atoms with Crippen molar-refractivity contribution in [3.05, 3.63) is 36.3 Å². The van der Waals surface area contributed by atoms with E-state index in [1.807, 2.05) is 31.2 Å². The van der Waals surface area contributed by atoms with Crippen molar-refractivity contribution in [3.8, 4) is 17.0 Å². The summed E-state index contributed by atoms with van der Waals surface area (Å²) in [7, 11) is 1.80. The number of aldehydes is 1. The maximum absolute atomic E-state index is 11.0. The molecule has 4 nitrogen and oxygen atoms in total. The van der Waals surface area contributed by atoms with Crippen LogP contribution in [0.1, 0.15) is 17.4 Å². The van der Waals surface area contributed by atoms with Gasteiger partial charge in [-0.15, -0.1) is 0 Å². The first-order valence-electron chi connectivity index (χ1n) is 5.46. The van der Waals surface area contributed by atoms with E-state index in [0.29, 0.717) is 18.0 Å². The molecule has 0 aliphatic carbocycles. The van der Waals surface area contributed by atoms with Gasteiger partial charge < -0.3 is 9.30 Å². The van der Waals surface area contributed by atoms with Crippen LogP contribution in [0, 0.1) is 0 Å². The number of aryl methyl sites for hydroxylation is 1. The molecule has 0 unspecified atom stereocenters. The first-order valence-corrected chi connectivity index (χ1v) is 5.46. The number of imidazole rings is 1. The molecule has 2 rings (SSSR count). The Morgan fingerprint density at radius 1 is 1.35 bits per heavy atom. The summed E-state index contributed by atoms with van der Waals surface area (Å²) >= 11 is 0. The minimum Gasteiger partial charge on any atom is -0.494 e. The van der Waals surface area contributed by atoms with E-state index >= 15 is 0 Å². The Morgan fingerprint density at radius 2 is 2.06 bits per heavy atom. The Hall–Kier alpha value is -2.10. The van der Waals surface area contributed by atoms with Gasteiger partial charge in [-0.2, -0.15) is 0 Å². The predicted octanol–water partition coefficient (Wildman–Crippen LogP) is 2.30. The fourth-order valence-electron chi connectivity index (χ4n) is 1.68. The molecule has 0 aliphatic rings. The lowest BCUT2D eigenvalue weighted by atomic mass is 10.1. The normalized spacial score (nSPS) is 10.2. The molecule has 17 heavy (non-hydrogen) atoms. The Labute approximate surface area is 99.9 Å². The van der Waals surface area contributed by atoms with Crippen molar-refractivity contribution >= 4 is 6.29 Å². The number of carbonyl (C=O) groups excluding carboxylic acids is 1. The quantitative estimate of drug-likeness (QED) is 0.757. The van der Waals surface area contributed by atoms with E-state index < -0.39 is 0 Å². The highest BCUT2D eigenvalue weighted by molar-refractivity contribution is 5.83. The van der Waals surface area contributed by atoms with Crippen LogP contribution in [0.5, 0.6) is 5.75 Å². The van der Waals surface area contributed by atoms with Crippen LogP contribution >= 0.6 is 0 Å². The van der Waals surface area contributed by atoms with E-state index in [4.69, 9.17) is 4.74 Å². The lowest BCUT2D eigenvalue weighted by molar-refractivity contribution is 0.111. The van der Waals surface area contributed by atoms with Crippen molar-refractivity contribution in [1.82, 2.24) is 9.55 Å². The summed E-state index contributed by atoms with van der Waals surface area (Å²) in [6, 6.07) is 7.56. The van der Waals surface area contributed by atoms with Crippen LogP contribution in [0.25, 0.3) is 11.3 Å². The first-order chi connectivity index (χ1) is 8.26. The fourth-order valence-corrected chi connectivity index (χ4v) is 1.68. The highest BCUT2D eigenvalue weighted by Gasteiger charge is 2.09. The van der Waals surface area contributed by atoms with Crippen LogP contribution < -0.4 is 4.74 Å². The second kappa shape index (κ2) is 4.82. The molecule has 0 atom stereocenters. The molecule has 1 aromatic heterocycles. The van der Waals surface area contributed by atoms with Crippen LogP contribution in [0.15, 0.2) is 30.6 Å². The minimum atomic E-state index is 0.578. The summed E-state index contributed by atoms with van der Waals surface area (Å²) in [6.07, 6.45) is 2.45. The molecule has 0 amide bonds. The van der Waals surface area contributed by atoms with Gasteiger partial charge in [-0.3, -0.25) is 4.79 Å². The second-order valence-electron chi connectivity index (χ2n) is 3.66. The molecule has 0 fully saturated rings. The zero-order valence-electron chi connectivity index (χ0n) is 9.88. The largest absolute Gasteiger partial charge is 0.494 e. The van der Waals surface area contributed by atoms with Gasteiger partial charge in [0.05, 0.1) is 18.6 Å². The first kappa shape index (κ1) is 11.4. The lowest BCUT2D eigenvalue weighted by Crippen LogP contribution is -1.94. The Balaban J connectivity index is 2.36. The molecule has 88 valence electrons. The molecule has 2 aromatic rings. The monoisotopic (exact) mass is 230 g/mol. The third-order valence-electron chi connectivity index (χ3n) is 2.53. The van der Waals surface area contributed by atoms with Crippen molar-refractivity contribution in [2.24, 2.45) is 7.05 Å². The summed E-state index contributed by atoms with van der Waals surface area (Å²) in [5.41, 5.74) is 2.19. The Bertz CT molecular complexity index is 515. The molecule has 1 aromatic carbocycles. The summed E-state index contributed by atoms with van der Waals surface area (Å²) in [4.78, 5) is 15.2. The highest BCUT2D eigenvalue weighted by atomic mass is 16.5. The summed E-state index contributed by atoms with van der Waals surface area (Å²) in [6.45, 7) is 2.58. The van der Waals surface area contributed by atoms with Gasteiger partial charge in [-0.1, -0.05) is 0 Å². The second-order valence-corrected chi connectivity index (χ2v) is 3.66. The van der Waals surface area contributed by atoms with Gasteiger partial charge >= 0.3 is 0 Å². The third-order valence-corrected chi connectivity index (χ3v) is 2.53. The summed E-state index contributed by atoms with van der Waals surface area (Å²) in [5, 5.41) is 0. The van der Waals surface area contributed by atoms with Crippen LogP contribution in [-0.2, 0) is 7.05 Å². The third kappa shape index (κ3) is 2.20. The molecule has 4 heteroatoms. The maximum Gasteiger partial charge on any atom is 0.168 e. The zero-order chi connectivity index (χ0) is 12.3. The predicted molar refractivity (Wildman–Crippen MR) is 65.2 cm³/mol. The van der Waals surface area contributed by atoms with E-state index in [1.165, 1.54) is 0 Å². The van der Waals surface area contributed by atoms with E-state index in [2.05, 4.69) is 4.98 Å². The SMILES string of the molecule is CCOc1ccc(-c2ncn(C)c2C=O)cc1. The summed E-state index contributed by atoms with van der Waals surface area (Å²) in [5.74, 6) is 0.819. The van der Waals surface area contributed by atoms with Gasteiger partial charge in [0.25, 0.3) is 0 Å². The molecule has 0 radical (unpaired) electrons. The van der Waals surface area contributed by atoms with Gasteiger partial charge in [-0.05, 0) is 31.2 Å². The van der Waals surface area contributed by atoms with E-state index in [-0.39, 0.29) is 0 Å². The van der Waals surface area contributed by atoms with Crippen molar-refractivity contribution in [2.45, 2.75) is 6.92 Å². The van der Waals surface area contributed by atoms with Crippen LogP contribution in [0.4, 0.5) is 0 Å². The molecular weight excluding hydrogens is 216 g/mol. The van der Waals surface area contributed by atoms with Crippen molar-refractivity contribution in [1.29, 1.82) is 0 Å². The van der Waals surface area contributed by atoms with Gasteiger partial charge in [0.15, 0.2) is 6.29 Å². The van der Waals surface area contributed by atoms with Crippen molar-refractivity contribution < 1.29 is 9.53 Å². The highest BCUT2D eigenvalue weighted by Crippen LogP contribution is 2.23. The van der Waals surface area contributed by atoms with Crippen molar-refractivity contribution in [3.63, 3.8) is 0 Å². The van der Waals surface area contributed by atoms with Gasteiger partial charge in [0.2, 0.25) is 0 Å². The van der Waals surface area contributed by atoms with E-state index in [1.54, 1.807) is 17.9 Å². The number of carbonyl (C=O) groups is 1. The molecule has 0 saturated carbocycles. The molecular formula is C13H14N2O2. The standard InChI is InChI=1S/C13H14N2O2/c1-3-17-11-6-4-10(5-7-11)13-12(8-16)15(2)9-14-13/h4-9H,3H2,1-2H3. The average molecular weight is 230 g/mol. The van der Waals surface area contributed by atoms with Crippen LogP contribution in [0.2, 0.25) is 0 Å². The van der Waals surface area contributed by atoms with E-state index in [0.717, 1.165) is 17.6 Å². The fraction of sp³-hybridized carbons (Fsp3) is 0.231. The number of nitrogens with zero attached hydrogens (tertiary/aromatic N) is 2. The van der Waals surface area contributed by atoms with Gasteiger partial charge in [0.1, 0.15) is 11.4 Å². The zero-order valence-corrected chi connectivity index (χ0v) is 9.88. The number of ether oxygens (including phenoxy) is 1. The maximum atomic E-state index is 11.0. The molecule has 0 spiro atoms. The number of hydrogen-bond acceptors (Lipinski definition) is 3. The van der Waals surface area contributed by atoms with E-state index in [9.17, 15) is 4.79 Å². The average Bonchev–Trinajstić information content (AvgIpc) is 2.72. The smallest absolute Gasteiger partial charge is 0.168 e. The Morgan fingerprint density at radius 3 is 2.65 bits per heavy atom. The minimum absolute atomic E-state index is 0.578. The van der Waals surface area contributed by atoms with Crippen molar-refractivity contribution in [2.75, 3.05) is 6.61 Å². The molecule has 0 N–H and O–H groups in total. The lowest BCUT2D eigenvalue weighted by Gasteiger charge is -2.04. The molecule has 1 heterocycles.